The van der Waals surface area contributed by atoms with Crippen LogP contribution >= 0.6 is 11.6 Å². The number of halogens is 1. The Morgan fingerprint density at radius 2 is 1.77 bits per heavy atom. The number of hydrogen-bond donors (Lipinski definition) is 4. The molecule has 14 heteroatoms. The van der Waals surface area contributed by atoms with Crippen molar-refractivity contribution < 1.29 is 27.9 Å². The number of nitrogens with two attached hydrogens (primary N) is 1. The molecule has 5 N–H and O–H groups in total. The van der Waals surface area contributed by atoms with Gasteiger partial charge >= 0.3 is 0 Å². The van der Waals surface area contributed by atoms with Crippen molar-refractivity contribution in [2.45, 2.75) is 29.9 Å². The van der Waals surface area contributed by atoms with E-state index in [4.69, 9.17) is 27.2 Å². The second-order valence-electron chi connectivity index (χ2n) is 9.65. The van der Waals surface area contributed by atoms with Gasteiger partial charge in [0.15, 0.2) is 0 Å². The smallest absolute Gasteiger partial charge is 0.264 e. The van der Waals surface area contributed by atoms with Crippen LogP contribution in [0.5, 0.6) is 5.75 Å². The monoisotopic (exact) mass is 626 g/mol. The Bertz CT molecular complexity index is 1610. The van der Waals surface area contributed by atoms with Crippen molar-refractivity contribution in [1.82, 2.24) is 15.0 Å². The van der Waals surface area contributed by atoms with Crippen LogP contribution in [0.1, 0.15) is 24.0 Å². The molecule has 0 spiro atoms. The van der Waals surface area contributed by atoms with E-state index in [-0.39, 0.29) is 23.3 Å². The fraction of sp³-hybridized carbons (Fsp3) is 0.241. The minimum absolute atomic E-state index is 0.0749. The van der Waals surface area contributed by atoms with Gasteiger partial charge in [0.05, 0.1) is 30.4 Å². The summed E-state index contributed by atoms with van der Waals surface area (Å²) in [5.41, 5.74) is 7.59. The number of aliphatic hydroxyl groups is 1. The van der Waals surface area contributed by atoms with Crippen molar-refractivity contribution in [1.29, 1.82) is 0 Å². The SMILES string of the molecule is COc1ccc(S(=O)(=O)NC(=NCC(=O)NC(C(N)=O)C(C)O)N2CC(c3ccccc3)C(c3ccc(Cl)cc3)=N2)cc1. The van der Waals surface area contributed by atoms with Gasteiger partial charge in [0.2, 0.25) is 17.8 Å². The van der Waals surface area contributed by atoms with E-state index in [1.165, 1.54) is 43.3 Å². The average molecular weight is 627 g/mol. The molecular formula is C29H31ClN6O6S. The van der Waals surface area contributed by atoms with Crippen LogP contribution in [0, 0.1) is 0 Å². The molecule has 1 aliphatic rings. The molecule has 43 heavy (non-hydrogen) atoms. The molecule has 12 nitrogen and oxygen atoms in total. The maximum Gasteiger partial charge on any atom is 0.264 e. The van der Waals surface area contributed by atoms with Crippen molar-refractivity contribution in [3.8, 4) is 5.75 Å². The highest BCUT2D eigenvalue weighted by Gasteiger charge is 2.33. The molecule has 3 aromatic carbocycles. The number of amides is 2. The third-order valence-electron chi connectivity index (χ3n) is 6.57. The normalized spacial score (nSPS) is 16.7. The quantitative estimate of drug-likeness (QED) is 0.196. The molecule has 2 amide bonds. The Morgan fingerprint density at radius 3 is 2.35 bits per heavy atom. The van der Waals surface area contributed by atoms with E-state index in [9.17, 15) is 23.1 Å². The number of nitrogens with zero attached hydrogens (tertiary/aromatic N) is 3. The maximum absolute atomic E-state index is 13.4. The van der Waals surface area contributed by atoms with Crippen molar-refractivity contribution in [2.24, 2.45) is 15.8 Å². The Hall–Kier alpha value is -4.46. The number of carbonyl (C=O) groups is 2. The molecule has 0 saturated heterocycles. The van der Waals surface area contributed by atoms with Crippen LogP contribution in [0.15, 0.2) is 93.9 Å². The number of rotatable bonds is 10. The Labute approximate surface area is 254 Å². The zero-order chi connectivity index (χ0) is 31.1. The summed E-state index contributed by atoms with van der Waals surface area (Å²) in [4.78, 5) is 28.5. The van der Waals surface area contributed by atoms with Crippen LogP contribution in [0.3, 0.4) is 0 Å². The number of methoxy groups -OCH3 is 1. The molecule has 0 saturated carbocycles. The minimum Gasteiger partial charge on any atom is -0.497 e. The Balaban J connectivity index is 1.72. The van der Waals surface area contributed by atoms with Gasteiger partial charge in [-0.2, -0.15) is 5.10 Å². The summed E-state index contributed by atoms with van der Waals surface area (Å²) in [6.07, 6.45) is -1.25. The third-order valence-corrected chi connectivity index (χ3v) is 8.17. The summed E-state index contributed by atoms with van der Waals surface area (Å²) in [7, 11) is -2.74. The first-order chi connectivity index (χ1) is 20.5. The fourth-order valence-corrected chi connectivity index (χ4v) is 5.51. The van der Waals surface area contributed by atoms with Gasteiger partial charge in [-0.3, -0.25) is 9.59 Å². The first kappa shape index (κ1) is 31.5. The summed E-state index contributed by atoms with van der Waals surface area (Å²) < 4.78 is 34.4. The lowest BCUT2D eigenvalue weighted by molar-refractivity contribution is -0.128. The summed E-state index contributed by atoms with van der Waals surface area (Å²) in [5, 5.41) is 18.8. The molecule has 0 radical (unpaired) electrons. The van der Waals surface area contributed by atoms with E-state index in [0.29, 0.717) is 16.5 Å². The van der Waals surface area contributed by atoms with Crippen molar-refractivity contribution >= 4 is 45.1 Å². The number of guanidine groups is 1. The lowest BCUT2D eigenvalue weighted by Gasteiger charge is -2.20. The van der Waals surface area contributed by atoms with Crippen LogP contribution in [-0.4, -0.2) is 74.4 Å². The van der Waals surface area contributed by atoms with E-state index >= 15 is 0 Å². The van der Waals surface area contributed by atoms with Gasteiger partial charge in [-0.1, -0.05) is 54.1 Å². The van der Waals surface area contributed by atoms with Crippen molar-refractivity contribution in [3.63, 3.8) is 0 Å². The van der Waals surface area contributed by atoms with Gasteiger partial charge in [-0.25, -0.2) is 23.1 Å². The number of carbonyl (C=O) groups excluding carboxylic acids is 2. The molecule has 3 atom stereocenters. The van der Waals surface area contributed by atoms with E-state index in [1.807, 2.05) is 42.5 Å². The molecule has 3 aromatic rings. The average Bonchev–Trinajstić information content (AvgIpc) is 3.44. The van der Waals surface area contributed by atoms with Crippen LogP contribution in [0.4, 0.5) is 0 Å². The van der Waals surface area contributed by atoms with Gasteiger partial charge in [0.25, 0.3) is 10.0 Å². The lowest BCUT2D eigenvalue weighted by atomic mass is 9.91. The lowest BCUT2D eigenvalue weighted by Crippen LogP contribution is -2.51. The van der Waals surface area contributed by atoms with E-state index in [0.717, 1.165) is 11.1 Å². The molecule has 4 rings (SSSR count). The number of hydrazone groups is 1. The Kier molecular flexibility index (Phi) is 10.0. The van der Waals surface area contributed by atoms with Gasteiger partial charge in [-0.15, -0.1) is 0 Å². The first-order valence-corrected chi connectivity index (χ1v) is 15.0. The highest BCUT2D eigenvalue weighted by molar-refractivity contribution is 7.90. The van der Waals surface area contributed by atoms with E-state index in [2.05, 4.69) is 15.0 Å². The molecule has 1 aliphatic heterocycles. The van der Waals surface area contributed by atoms with E-state index < -0.39 is 40.5 Å². The second kappa shape index (κ2) is 13.7. The number of ether oxygens (including phenoxy) is 1. The number of benzene rings is 3. The summed E-state index contributed by atoms with van der Waals surface area (Å²) in [5.74, 6) is -1.76. The number of nitrogens with one attached hydrogen (secondary N) is 2. The molecule has 0 bridgehead atoms. The van der Waals surface area contributed by atoms with Gasteiger partial charge < -0.3 is 20.9 Å². The number of aliphatic imine (C=N–C) groups is 1. The number of primary amides is 1. The zero-order valence-corrected chi connectivity index (χ0v) is 24.9. The minimum atomic E-state index is -4.20. The predicted octanol–water partition coefficient (Wildman–Crippen LogP) is 1.84. The highest BCUT2D eigenvalue weighted by Crippen LogP contribution is 2.29. The molecule has 226 valence electrons. The number of aliphatic hydroxyl groups excluding tert-OH is 1. The Morgan fingerprint density at radius 1 is 1.12 bits per heavy atom. The van der Waals surface area contributed by atoms with Crippen molar-refractivity contribution in [3.05, 3.63) is 95.0 Å². The fourth-order valence-electron chi connectivity index (χ4n) is 4.36. The standard InChI is InChI=1S/C29H31ClN6O6S/c1-18(37)26(28(31)39)33-25(38)16-32-29(35-43(40,41)23-14-12-22(42-2)13-15-23)36-17-24(19-6-4-3-5-7-19)27(34-36)20-8-10-21(30)11-9-20/h3-15,18,24,26,37H,16-17H2,1-2H3,(H2,31,39)(H,32,35)(H,33,38). The summed E-state index contributed by atoms with van der Waals surface area (Å²) in [6, 6.07) is 21.0. The highest BCUT2D eigenvalue weighted by atomic mass is 35.5. The molecule has 1 heterocycles. The van der Waals surface area contributed by atoms with E-state index in [1.54, 1.807) is 12.1 Å². The van der Waals surface area contributed by atoms with Gasteiger partial charge in [-0.05, 0) is 54.4 Å². The largest absolute Gasteiger partial charge is 0.497 e. The first-order valence-electron chi connectivity index (χ1n) is 13.1. The number of sulfonamides is 1. The summed E-state index contributed by atoms with van der Waals surface area (Å²) >= 11 is 6.11. The third kappa shape index (κ3) is 7.89. The summed E-state index contributed by atoms with van der Waals surface area (Å²) in [6.45, 7) is 0.884. The number of hydrogen-bond acceptors (Lipinski definition) is 8. The molecule has 0 fully saturated rings. The maximum atomic E-state index is 13.4. The molecular weight excluding hydrogens is 596 g/mol. The van der Waals surface area contributed by atoms with Crippen LogP contribution in [0.25, 0.3) is 0 Å². The molecule has 0 aromatic heterocycles. The van der Waals surface area contributed by atoms with Crippen LogP contribution in [0.2, 0.25) is 5.02 Å². The topological polar surface area (TPSA) is 176 Å². The van der Waals surface area contributed by atoms with Gasteiger partial charge in [0, 0.05) is 10.9 Å². The second-order valence-corrected chi connectivity index (χ2v) is 11.8. The van der Waals surface area contributed by atoms with Gasteiger partial charge in [0.1, 0.15) is 18.3 Å². The zero-order valence-electron chi connectivity index (χ0n) is 23.3. The van der Waals surface area contributed by atoms with Crippen molar-refractivity contribution in [2.75, 3.05) is 20.2 Å². The van der Waals surface area contributed by atoms with Crippen LogP contribution in [-0.2, 0) is 19.6 Å². The molecule has 3 unspecified atom stereocenters. The molecule has 0 aliphatic carbocycles. The predicted molar refractivity (Wildman–Crippen MR) is 162 cm³/mol. The van der Waals surface area contributed by atoms with Crippen LogP contribution < -0.4 is 20.5 Å².